The Morgan fingerprint density at radius 3 is 1.88 bits per heavy atom. The molecule has 3 fully saturated rings. The van der Waals surface area contributed by atoms with Gasteiger partial charge in [-0.05, 0) is 97.7 Å². The largest absolute Gasteiger partial charge is 0.453 e. The number of methoxy groups -OCH3 is 2. The highest BCUT2D eigenvalue weighted by Crippen LogP contribution is 2.46. The van der Waals surface area contributed by atoms with E-state index < -0.39 is 35.9 Å². The van der Waals surface area contributed by atoms with Crippen LogP contribution in [-0.4, -0.2) is 99.2 Å². The Morgan fingerprint density at radius 2 is 1.31 bits per heavy atom. The number of aromatic nitrogens is 4. The van der Waals surface area contributed by atoms with Crippen LogP contribution in [0.2, 0.25) is 0 Å². The molecule has 7 atom stereocenters. The summed E-state index contributed by atoms with van der Waals surface area (Å²) in [7, 11) is 2.55. The van der Waals surface area contributed by atoms with Crippen molar-refractivity contribution in [2.24, 2.45) is 17.8 Å². The summed E-state index contributed by atoms with van der Waals surface area (Å²) < 4.78 is 43.1. The van der Waals surface area contributed by atoms with Crippen LogP contribution in [0.15, 0.2) is 54.6 Å². The molecule has 0 radical (unpaired) electrons. The van der Waals surface area contributed by atoms with E-state index in [2.05, 4.69) is 37.7 Å². The zero-order chi connectivity index (χ0) is 50.5. The number of rotatable bonds is 12. The fraction of sp³-hybridized carbons (Fsp3) is 0.481. The molecular formula is C54H64F2N10O6. The van der Waals surface area contributed by atoms with Crippen molar-refractivity contribution in [1.29, 1.82) is 0 Å². The van der Waals surface area contributed by atoms with E-state index in [4.69, 9.17) is 19.4 Å². The monoisotopic (exact) mass is 986 g/mol. The van der Waals surface area contributed by atoms with Gasteiger partial charge in [0.2, 0.25) is 11.8 Å². The van der Waals surface area contributed by atoms with Crippen LogP contribution in [0.5, 0.6) is 0 Å². The van der Waals surface area contributed by atoms with Crippen LogP contribution < -0.4 is 31.1 Å². The molecule has 4 N–H and O–H groups in total. The van der Waals surface area contributed by atoms with Crippen molar-refractivity contribution in [2.75, 3.05) is 37.1 Å². The van der Waals surface area contributed by atoms with Crippen LogP contribution in [-0.2, 0) is 32.2 Å². The van der Waals surface area contributed by atoms with Crippen LogP contribution in [0.3, 0.4) is 0 Å². The first-order chi connectivity index (χ1) is 34.7. The molecule has 6 heterocycles. The lowest BCUT2D eigenvalue weighted by Crippen LogP contribution is -2.51. The molecule has 5 aromatic rings. The summed E-state index contributed by atoms with van der Waals surface area (Å²) in [6.45, 7) is 9.43. The fourth-order valence-corrected chi connectivity index (χ4v) is 11.9. The Balaban J connectivity index is 0.965. The minimum absolute atomic E-state index is 0.0422. The second-order valence-electron chi connectivity index (χ2n) is 20.6. The number of hydrogen-bond acceptors (Lipinski definition) is 10. The lowest BCUT2D eigenvalue weighted by Gasteiger charge is -2.37. The first-order valence-corrected chi connectivity index (χ1v) is 25.4. The number of hydrogen-bond donors (Lipinski definition) is 4. The van der Waals surface area contributed by atoms with Gasteiger partial charge in [0.25, 0.3) is 0 Å². The number of likely N-dealkylation sites (tertiary alicyclic amines) is 2. The number of benzene rings is 3. The van der Waals surface area contributed by atoms with Crippen molar-refractivity contribution in [3.05, 3.63) is 105 Å². The SMILES string of the molecule is COC(=O)N[C@H](C(=O)N1CCC[C@H]1c1nc2c([nH]1)=CCC([C@H]1CC[C@H](c3ccc4[nH]c([C@@H]5CCCN5C(=O)[C@@H](NC(=O)OC)C(C)C)nc4c3)N1c1cc(F)c(N3Cc4ccccc4C3)c(F)c1)C=2)C(C)C. The van der Waals surface area contributed by atoms with Gasteiger partial charge in [0.05, 0.1) is 54.1 Å². The summed E-state index contributed by atoms with van der Waals surface area (Å²) in [6, 6.07) is 14.3. The normalized spacial score (nSPS) is 22.4. The van der Waals surface area contributed by atoms with E-state index >= 15 is 8.78 Å². The van der Waals surface area contributed by atoms with E-state index in [-0.39, 0.29) is 59.4 Å². The molecule has 4 amide bonds. The molecule has 3 aromatic carbocycles. The average Bonchev–Trinajstić information content (AvgIpc) is 4.23. The van der Waals surface area contributed by atoms with Gasteiger partial charge in [0, 0.05) is 43.8 Å². The minimum atomic E-state index is -0.763. The van der Waals surface area contributed by atoms with Crippen molar-refractivity contribution in [3.63, 3.8) is 0 Å². The zero-order valence-electron chi connectivity index (χ0n) is 41.7. The van der Waals surface area contributed by atoms with Gasteiger partial charge in [-0.15, -0.1) is 0 Å². The van der Waals surface area contributed by atoms with Crippen molar-refractivity contribution < 1.29 is 37.4 Å². The predicted molar refractivity (Wildman–Crippen MR) is 268 cm³/mol. The van der Waals surface area contributed by atoms with Gasteiger partial charge in [0.15, 0.2) is 11.6 Å². The van der Waals surface area contributed by atoms with Gasteiger partial charge in [0.1, 0.15) is 29.4 Å². The highest BCUT2D eigenvalue weighted by Gasteiger charge is 2.42. The first-order valence-electron chi connectivity index (χ1n) is 25.4. The third-order valence-electron chi connectivity index (χ3n) is 15.5. The van der Waals surface area contributed by atoms with Crippen molar-refractivity contribution in [3.8, 4) is 0 Å². The quantitative estimate of drug-likeness (QED) is 0.100. The maximum atomic E-state index is 16.7. The number of imidazole rings is 2. The Bertz CT molecular complexity index is 2980. The standard InChI is InChI=1S/C54H64F2N10O6/c1-29(2)46(61-53(69)71-5)51(67)64-21-9-13-44(64)49-57-38-17-15-31(23-40(38)59-49)42-19-20-43(66(42)35-25-36(55)48(37(56)26-35)63-27-33-11-7-8-12-34(33)28-63)32-16-18-39-41(24-32)60-50(58-39)45-14-10-22-65(45)52(68)47(30(3)4)62-54(70)72-6/h7-8,11-12,15,17-18,23-26,29-30,32,42-47H,9-10,13-14,16,19-22,27-28H2,1-6H3,(H,57,59)(H,58,60)(H,61,69)(H,62,70)/t32?,42-,43-,44+,45+,46+,47+/m1/s1. The smallest absolute Gasteiger partial charge is 0.407 e. The van der Waals surface area contributed by atoms with E-state index in [1.165, 1.54) is 26.4 Å². The minimum Gasteiger partial charge on any atom is -0.453 e. The van der Waals surface area contributed by atoms with Gasteiger partial charge >= 0.3 is 12.2 Å². The Kier molecular flexibility index (Phi) is 13.4. The van der Waals surface area contributed by atoms with Crippen LogP contribution in [0, 0.1) is 29.4 Å². The van der Waals surface area contributed by atoms with Gasteiger partial charge in [-0.3, -0.25) is 9.59 Å². The molecule has 16 nitrogen and oxygen atoms in total. The fourth-order valence-electron chi connectivity index (χ4n) is 11.9. The van der Waals surface area contributed by atoms with E-state index in [0.717, 1.165) is 52.2 Å². The summed E-state index contributed by atoms with van der Waals surface area (Å²) in [5.74, 6) is -0.708. The Hall–Kier alpha value is -6.98. The third kappa shape index (κ3) is 9.12. The average molecular weight is 987 g/mol. The molecule has 10 rings (SSSR count). The molecule has 1 aliphatic carbocycles. The second kappa shape index (κ2) is 19.9. The molecule has 2 aromatic heterocycles. The zero-order valence-corrected chi connectivity index (χ0v) is 41.7. The lowest BCUT2D eigenvalue weighted by molar-refractivity contribution is -0.136. The van der Waals surface area contributed by atoms with Crippen molar-refractivity contribution in [1.82, 2.24) is 40.4 Å². The van der Waals surface area contributed by atoms with Gasteiger partial charge in [-0.1, -0.05) is 70.2 Å². The number of alkyl carbamates (subject to hydrolysis) is 2. The number of carbonyl (C=O) groups excluding carboxylic acids is 4. The number of aromatic amines is 2. The summed E-state index contributed by atoms with van der Waals surface area (Å²) in [5, 5.41) is 7.07. The first kappa shape index (κ1) is 48.6. The molecule has 5 aliphatic rings. The van der Waals surface area contributed by atoms with Crippen molar-refractivity contribution in [2.45, 2.75) is 122 Å². The van der Waals surface area contributed by atoms with Crippen LogP contribution in [0.1, 0.15) is 119 Å². The number of carbonyl (C=O) groups is 4. The summed E-state index contributed by atoms with van der Waals surface area (Å²) in [5.41, 5.74) is 4.96. The summed E-state index contributed by atoms with van der Waals surface area (Å²) >= 11 is 0. The summed E-state index contributed by atoms with van der Waals surface area (Å²) in [4.78, 5) is 77.1. The number of nitrogens with one attached hydrogen (secondary N) is 4. The van der Waals surface area contributed by atoms with Crippen LogP contribution in [0.25, 0.3) is 23.2 Å². The van der Waals surface area contributed by atoms with Gasteiger partial charge < -0.3 is 49.7 Å². The number of nitrogens with zero attached hydrogens (tertiary/aromatic N) is 6. The van der Waals surface area contributed by atoms with Gasteiger partial charge in [-0.2, -0.15) is 0 Å². The number of fused-ring (bicyclic) bond motifs is 3. The number of H-pyrrole nitrogens is 2. The van der Waals surface area contributed by atoms with E-state index in [9.17, 15) is 19.2 Å². The van der Waals surface area contributed by atoms with Gasteiger partial charge in [-0.25, -0.2) is 28.3 Å². The molecule has 72 heavy (non-hydrogen) atoms. The summed E-state index contributed by atoms with van der Waals surface area (Å²) in [6.07, 6.45) is 8.04. The molecule has 1 unspecified atom stereocenters. The number of ether oxygens (including phenoxy) is 2. The molecule has 18 heteroatoms. The van der Waals surface area contributed by atoms with Crippen LogP contribution >= 0.6 is 0 Å². The predicted octanol–water partition coefficient (Wildman–Crippen LogP) is 7.16. The second-order valence-corrected chi connectivity index (χ2v) is 20.6. The molecule has 380 valence electrons. The van der Waals surface area contributed by atoms with E-state index in [0.29, 0.717) is 74.7 Å². The van der Waals surface area contributed by atoms with E-state index in [1.807, 2.05) is 70.2 Å². The van der Waals surface area contributed by atoms with E-state index in [1.54, 1.807) is 14.7 Å². The van der Waals surface area contributed by atoms with Crippen molar-refractivity contribution >= 4 is 58.6 Å². The maximum Gasteiger partial charge on any atom is 0.407 e. The number of halogens is 2. The molecular weight excluding hydrogens is 923 g/mol. The Morgan fingerprint density at radius 1 is 0.722 bits per heavy atom. The maximum absolute atomic E-state index is 16.7. The molecule has 0 spiro atoms. The molecule has 0 saturated carbocycles. The Labute approximate surface area is 417 Å². The topological polar surface area (TPSA) is 181 Å². The number of anilines is 2. The van der Waals surface area contributed by atoms with Crippen LogP contribution in [0.4, 0.5) is 29.7 Å². The lowest BCUT2D eigenvalue weighted by atomic mass is 9.91. The highest BCUT2D eigenvalue weighted by molar-refractivity contribution is 5.87. The molecule has 3 saturated heterocycles. The molecule has 0 bridgehead atoms. The third-order valence-corrected chi connectivity index (χ3v) is 15.5. The molecule has 4 aliphatic heterocycles. The highest BCUT2D eigenvalue weighted by atomic mass is 19.1. The number of amides is 4.